The standard InChI is InChI=1S/C14H24N4O2/c1-5-7-15-13(19)11(3)9-17-18-10-12(4)14(20)16-8-6-2/h5-6,11-12H,1-2,7-10H2,3-4H3,(H,15,19)(H,16,20). The van der Waals surface area contributed by atoms with Crippen LogP contribution in [-0.2, 0) is 9.59 Å². The van der Waals surface area contributed by atoms with Gasteiger partial charge in [-0.2, -0.15) is 10.2 Å². The lowest BCUT2D eigenvalue weighted by Crippen LogP contribution is -2.31. The van der Waals surface area contributed by atoms with Crippen LogP contribution >= 0.6 is 0 Å². The minimum atomic E-state index is -0.247. The Morgan fingerprint density at radius 1 is 0.950 bits per heavy atom. The van der Waals surface area contributed by atoms with E-state index in [0.717, 1.165) is 0 Å². The van der Waals surface area contributed by atoms with Gasteiger partial charge in [-0.05, 0) is 0 Å². The summed E-state index contributed by atoms with van der Waals surface area (Å²) in [4.78, 5) is 23.0. The molecule has 0 saturated heterocycles. The molecule has 0 aliphatic rings. The van der Waals surface area contributed by atoms with Gasteiger partial charge in [0.05, 0.1) is 24.9 Å². The highest BCUT2D eigenvalue weighted by atomic mass is 16.2. The van der Waals surface area contributed by atoms with E-state index in [4.69, 9.17) is 0 Å². The van der Waals surface area contributed by atoms with E-state index in [9.17, 15) is 9.59 Å². The van der Waals surface area contributed by atoms with E-state index in [1.165, 1.54) is 0 Å². The van der Waals surface area contributed by atoms with Gasteiger partial charge in [0.25, 0.3) is 0 Å². The SMILES string of the molecule is C=CCNC(=O)C(C)CN=NCC(C)C(=O)NCC=C. The van der Waals surface area contributed by atoms with Gasteiger partial charge in [-0.1, -0.05) is 26.0 Å². The lowest BCUT2D eigenvalue weighted by atomic mass is 10.1. The molecule has 2 amide bonds. The summed E-state index contributed by atoms with van der Waals surface area (Å²) in [6.07, 6.45) is 3.24. The van der Waals surface area contributed by atoms with Crippen LogP contribution in [0.4, 0.5) is 0 Å². The van der Waals surface area contributed by atoms with Crippen molar-refractivity contribution >= 4 is 11.8 Å². The van der Waals surface area contributed by atoms with Crippen LogP contribution in [0.1, 0.15) is 13.8 Å². The van der Waals surface area contributed by atoms with E-state index in [0.29, 0.717) is 26.2 Å². The third-order valence-electron chi connectivity index (χ3n) is 2.55. The maximum absolute atomic E-state index is 11.5. The first-order chi connectivity index (χ1) is 9.52. The van der Waals surface area contributed by atoms with Crippen LogP contribution in [-0.4, -0.2) is 38.0 Å². The molecule has 0 spiro atoms. The highest BCUT2D eigenvalue weighted by Crippen LogP contribution is 1.99. The Balaban J connectivity index is 3.94. The number of nitrogens with zero attached hydrogens (tertiary/aromatic N) is 2. The summed E-state index contributed by atoms with van der Waals surface area (Å²) >= 11 is 0. The lowest BCUT2D eigenvalue weighted by Gasteiger charge is -2.09. The molecule has 0 fully saturated rings. The molecule has 2 N–H and O–H groups in total. The molecule has 0 heterocycles. The summed E-state index contributed by atoms with van der Waals surface area (Å²) in [5.74, 6) is -0.659. The minimum absolute atomic E-state index is 0.0828. The third-order valence-corrected chi connectivity index (χ3v) is 2.55. The average molecular weight is 280 g/mol. The van der Waals surface area contributed by atoms with E-state index < -0.39 is 0 Å². The Labute approximate surface area is 120 Å². The van der Waals surface area contributed by atoms with Gasteiger partial charge in [-0.25, -0.2) is 0 Å². The number of rotatable bonds is 10. The van der Waals surface area contributed by atoms with Crippen molar-refractivity contribution in [2.24, 2.45) is 22.1 Å². The summed E-state index contributed by atoms with van der Waals surface area (Å²) in [5, 5.41) is 13.3. The summed E-state index contributed by atoms with van der Waals surface area (Å²) in [5.41, 5.74) is 0. The molecule has 6 nitrogen and oxygen atoms in total. The topological polar surface area (TPSA) is 82.9 Å². The highest BCUT2D eigenvalue weighted by molar-refractivity contribution is 5.79. The first-order valence-electron chi connectivity index (χ1n) is 6.63. The van der Waals surface area contributed by atoms with Crippen LogP contribution in [0, 0.1) is 11.8 Å². The van der Waals surface area contributed by atoms with Crippen molar-refractivity contribution in [1.82, 2.24) is 10.6 Å². The van der Waals surface area contributed by atoms with Crippen molar-refractivity contribution in [2.75, 3.05) is 26.2 Å². The van der Waals surface area contributed by atoms with Crippen molar-refractivity contribution in [2.45, 2.75) is 13.8 Å². The van der Waals surface area contributed by atoms with Gasteiger partial charge in [0.1, 0.15) is 0 Å². The van der Waals surface area contributed by atoms with Crippen molar-refractivity contribution in [1.29, 1.82) is 0 Å². The zero-order valence-corrected chi connectivity index (χ0v) is 12.3. The van der Waals surface area contributed by atoms with Crippen molar-refractivity contribution in [3.63, 3.8) is 0 Å². The normalized spacial score (nSPS) is 13.5. The first-order valence-corrected chi connectivity index (χ1v) is 6.63. The minimum Gasteiger partial charge on any atom is -0.352 e. The Hall–Kier alpha value is -1.98. The van der Waals surface area contributed by atoms with Crippen LogP contribution in [0.2, 0.25) is 0 Å². The second-order valence-corrected chi connectivity index (χ2v) is 4.52. The van der Waals surface area contributed by atoms with Gasteiger partial charge in [0.2, 0.25) is 11.8 Å². The van der Waals surface area contributed by atoms with E-state index >= 15 is 0 Å². The number of nitrogens with one attached hydrogen (secondary N) is 2. The Morgan fingerprint density at radius 3 is 1.60 bits per heavy atom. The molecule has 0 aliphatic carbocycles. The molecular weight excluding hydrogens is 256 g/mol. The smallest absolute Gasteiger partial charge is 0.225 e. The van der Waals surface area contributed by atoms with E-state index in [-0.39, 0.29) is 23.7 Å². The monoisotopic (exact) mass is 280 g/mol. The molecule has 0 aromatic heterocycles. The van der Waals surface area contributed by atoms with Crippen molar-refractivity contribution in [3.05, 3.63) is 25.3 Å². The van der Waals surface area contributed by atoms with E-state index in [1.807, 2.05) is 0 Å². The Morgan fingerprint density at radius 2 is 1.30 bits per heavy atom. The Kier molecular flexibility index (Phi) is 9.82. The average Bonchev–Trinajstić information content (AvgIpc) is 2.45. The molecule has 2 unspecified atom stereocenters. The zero-order valence-electron chi connectivity index (χ0n) is 12.3. The van der Waals surface area contributed by atoms with Crippen LogP contribution in [0.5, 0.6) is 0 Å². The molecule has 0 bridgehead atoms. The predicted octanol–water partition coefficient (Wildman–Crippen LogP) is 1.32. The molecule has 0 radical (unpaired) electrons. The largest absolute Gasteiger partial charge is 0.352 e. The fourth-order valence-electron chi connectivity index (χ4n) is 1.22. The maximum Gasteiger partial charge on any atom is 0.225 e. The molecule has 0 aromatic rings. The van der Waals surface area contributed by atoms with Crippen molar-refractivity contribution < 1.29 is 9.59 Å². The number of carbonyl (C=O) groups is 2. The molecule has 20 heavy (non-hydrogen) atoms. The fraction of sp³-hybridized carbons (Fsp3) is 0.571. The second-order valence-electron chi connectivity index (χ2n) is 4.52. The lowest BCUT2D eigenvalue weighted by molar-refractivity contribution is -0.124. The number of hydrogen-bond donors (Lipinski definition) is 2. The quantitative estimate of drug-likeness (QED) is 0.467. The van der Waals surface area contributed by atoms with Gasteiger partial charge in [0.15, 0.2) is 0 Å². The highest BCUT2D eigenvalue weighted by Gasteiger charge is 2.12. The zero-order chi connectivity index (χ0) is 15.4. The van der Waals surface area contributed by atoms with E-state index in [1.54, 1.807) is 26.0 Å². The van der Waals surface area contributed by atoms with Crippen molar-refractivity contribution in [3.8, 4) is 0 Å². The van der Waals surface area contributed by atoms with Crippen LogP contribution in [0.25, 0.3) is 0 Å². The van der Waals surface area contributed by atoms with Gasteiger partial charge < -0.3 is 10.6 Å². The van der Waals surface area contributed by atoms with Gasteiger partial charge in [-0.15, -0.1) is 13.2 Å². The van der Waals surface area contributed by atoms with E-state index in [2.05, 4.69) is 34.0 Å². The Bertz CT molecular complexity index is 332. The molecule has 6 heteroatoms. The molecule has 2 atom stereocenters. The number of amides is 2. The molecule has 0 saturated carbocycles. The fourth-order valence-corrected chi connectivity index (χ4v) is 1.22. The number of carbonyl (C=O) groups excluding carboxylic acids is 2. The number of azo groups is 1. The summed E-state index contributed by atoms with van der Waals surface area (Å²) < 4.78 is 0. The molecule has 112 valence electrons. The molecule has 0 aromatic carbocycles. The predicted molar refractivity (Wildman–Crippen MR) is 79.3 cm³/mol. The summed E-state index contributed by atoms with van der Waals surface area (Å²) in [7, 11) is 0. The molecule has 0 rings (SSSR count). The van der Waals surface area contributed by atoms with Gasteiger partial charge in [0, 0.05) is 13.1 Å². The maximum atomic E-state index is 11.5. The molecule has 0 aliphatic heterocycles. The first kappa shape index (κ1) is 18.0. The van der Waals surface area contributed by atoms with Crippen LogP contribution in [0.15, 0.2) is 35.5 Å². The second kappa shape index (κ2) is 10.9. The summed E-state index contributed by atoms with van der Waals surface area (Å²) in [6.45, 7) is 12.1. The number of hydrogen-bond acceptors (Lipinski definition) is 4. The van der Waals surface area contributed by atoms with Gasteiger partial charge in [-0.3, -0.25) is 9.59 Å². The van der Waals surface area contributed by atoms with Crippen LogP contribution < -0.4 is 10.6 Å². The van der Waals surface area contributed by atoms with Crippen LogP contribution in [0.3, 0.4) is 0 Å². The third kappa shape index (κ3) is 8.18. The summed E-state index contributed by atoms with van der Waals surface area (Å²) in [6, 6.07) is 0. The molecular formula is C14H24N4O2. The van der Waals surface area contributed by atoms with Gasteiger partial charge >= 0.3 is 0 Å².